The third kappa shape index (κ3) is 6.31. The molecule has 7 nitrogen and oxygen atoms in total. The van der Waals surface area contributed by atoms with Gasteiger partial charge in [0.15, 0.2) is 0 Å². The van der Waals surface area contributed by atoms with Crippen molar-refractivity contribution in [2.24, 2.45) is 5.73 Å². The van der Waals surface area contributed by atoms with Crippen molar-refractivity contribution in [1.29, 1.82) is 0 Å². The summed E-state index contributed by atoms with van der Waals surface area (Å²) in [7, 11) is 0. The van der Waals surface area contributed by atoms with E-state index < -0.39 is 5.97 Å². The topological polar surface area (TPSA) is 104 Å². The van der Waals surface area contributed by atoms with Crippen LogP contribution >= 0.6 is 0 Å². The van der Waals surface area contributed by atoms with E-state index in [9.17, 15) is 9.90 Å². The summed E-state index contributed by atoms with van der Waals surface area (Å²) < 4.78 is 17.8. The number of carbonyl (C=O) groups is 1. The molecule has 0 radical (unpaired) electrons. The number of hydrogen-bond donors (Lipinski definition) is 2. The van der Waals surface area contributed by atoms with Crippen LogP contribution in [0, 0.1) is 0 Å². The van der Waals surface area contributed by atoms with E-state index in [2.05, 4.69) is 4.98 Å². The molecule has 3 N–H and O–H groups in total. The smallest absolute Gasteiger partial charge is 0.307 e. The highest BCUT2D eigenvalue weighted by Crippen LogP contribution is 2.29. The number of pyridine rings is 1. The second kappa shape index (κ2) is 10.9. The molecule has 4 rings (SSSR count). The fraction of sp³-hybridized carbons (Fsp3) is 0.308. The van der Waals surface area contributed by atoms with Gasteiger partial charge in [-0.1, -0.05) is 18.2 Å². The second-order valence-electron chi connectivity index (χ2n) is 8.02. The number of carboxylic acids is 1. The lowest BCUT2D eigenvalue weighted by Crippen LogP contribution is -2.16. The van der Waals surface area contributed by atoms with E-state index in [-0.39, 0.29) is 19.1 Å². The number of aromatic nitrogens is 1. The van der Waals surface area contributed by atoms with E-state index in [1.807, 2.05) is 36.4 Å². The maximum absolute atomic E-state index is 11.2. The maximum Gasteiger partial charge on any atom is 0.307 e. The van der Waals surface area contributed by atoms with Crippen molar-refractivity contribution in [1.82, 2.24) is 4.98 Å². The standard InChI is InChI=1S/C26H28N2O5/c27-15-22-12-19(7-8-28-22)21-10-18(11-24(13-21)32-17-23-5-3-9-31-23)16-33-25-6-2-1-4-20(25)14-26(29)30/h1-2,4,6-8,10-13,23H,3,5,9,14-17,27H2,(H,29,30)/t23-/m1/s1. The molecule has 1 aromatic heterocycles. The number of nitrogens with zero attached hydrogens (tertiary/aromatic N) is 1. The highest BCUT2D eigenvalue weighted by Gasteiger charge is 2.17. The summed E-state index contributed by atoms with van der Waals surface area (Å²) >= 11 is 0. The molecular formula is C26H28N2O5. The van der Waals surface area contributed by atoms with Crippen LogP contribution in [-0.2, 0) is 29.1 Å². The number of carboxylic acid groups (broad SMARTS) is 1. The number of ether oxygens (including phenoxy) is 3. The van der Waals surface area contributed by atoms with Gasteiger partial charge in [0, 0.05) is 24.9 Å². The fourth-order valence-electron chi connectivity index (χ4n) is 3.84. The monoisotopic (exact) mass is 448 g/mol. The molecular weight excluding hydrogens is 420 g/mol. The van der Waals surface area contributed by atoms with Crippen LogP contribution in [-0.4, -0.2) is 35.4 Å². The Bertz CT molecular complexity index is 1100. The van der Waals surface area contributed by atoms with Crippen molar-refractivity contribution in [2.75, 3.05) is 13.2 Å². The Kier molecular flexibility index (Phi) is 7.55. The first-order valence-electron chi connectivity index (χ1n) is 11.1. The first-order valence-corrected chi connectivity index (χ1v) is 11.1. The molecule has 2 aromatic carbocycles. The fourth-order valence-corrected chi connectivity index (χ4v) is 3.84. The van der Waals surface area contributed by atoms with Crippen molar-refractivity contribution in [3.8, 4) is 22.6 Å². The van der Waals surface area contributed by atoms with Crippen LogP contribution < -0.4 is 15.2 Å². The summed E-state index contributed by atoms with van der Waals surface area (Å²) in [5.41, 5.74) is 10.1. The quantitative estimate of drug-likeness (QED) is 0.484. The molecule has 1 atom stereocenters. The summed E-state index contributed by atoms with van der Waals surface area (Å²) in [6.45, 7) is 1.91. The molecule has 172 valence electrons. The minimum Gasteiger partial charge on any atom is -0.491 e. The zero-order valence-corrected chi connectivity index (χ0v) is 18.4. The van der Waals surface area contributed by atoms with Gasteiger partial charge < -0.3 is 25.1 Å². The molecule has 0 spiro atoms. The second-order valence-corrected chi connectivity index (χ2v) is 8.02. The van der Waals surface area contributed by atoms with Crippen LogP contribution in [0.2, 0.25) is 0 Å². The number of benzene rings is 2. The summed E-state index contributed by atoms with van der Waals surface area (Å²) in [6.07, 6.45) is 3.82. The predicted molar refractivity (Wildman–Crippen MR) is 124 cm³/mol. The van der Waals surface area contributed by atoms with E-state index in [1.165, 1.54) is 0 Å². The molecule has 0 aliphatic carbocycles. The zero-order chi connectivity index (χ0) is 23.0. The van der Waals surface area contributed by atoms with Gasteiger partial charge in [-0.15, -0.1) is 0 Å². The molecule has 1 aliphatic heterocycles. The Morgan fingerprint density at radius 3 is 2.79 bits per heavy atom. The summed E-state index contributed by atoms with van der Waals surface area (Å²) in [5, 5.41) is 9.17. The largest absolute Gasteiger partial charge is 0.491 e. The van der Waals surface area contributed by atoms with E-state index in [4.69, 9.17) is 19.9 Å². The summed E-state index contributed by atoms with van der Waals surface area (Å²) in [6, 6.07) is 17.1. The van der Waals surface area contributed by atoms with Gasteiger partial charge in [-0.2, -0.15) is 0 Å². The van der Waals surface area contributed by atoms with Gasteiger partial charge in [-0.3, -0.25) is 9.78 Å². The lowest BCUT2D eigenvalue weighted by Gasteiger charge is -2.16. The molecule has 1 aliphatic rings. The highest BCUT2D eigenvalue weighted by molar-refractivity contribution is 5.71. The summed E-state index contributed by atoms with van der Waals surface area (Å²) in [4.78, 5) is 15.5. The minimum atomic E-state index is -0.897. The molecule has 7 heteroatoms. The lowest BCUT2D eigenvalue weighted by atomic mass is 10.0. The van der Waals surface area contributed by atoms with Crippen molar-refractivity contribution in [3.63, 3.8) is 0 Å². The Labute approximate surface area is 193 Å². The normalized spacial score (nSPS) is 15.4. The van der Waals surface area contributed by atoms with Gasteiger partial charge in [-0.05, 0) is 65.9 Å². The Morgan fingerprint density at radius 2 is 2.00 bits per heavy atom. The SMILES string of the molecule is NCc1cc(-c2cc(COc3ccccc3CC(=O)O)cc(OC[C@H]3CCCO3)c2)ccn1. The first kappa shape index (κ1) is 22.8. The molecule has 1 fully saturated rings. The molecule has 1 saturated heterocycles. The maximum atomic E-state index is 11.2. The van der Waals surface area contributed by atoms with Gasteiger partial charge in [0.05, 0.1) is 18.2 Å². The van der Waals surface area contributed by atoms with Crippen molar-refractivity contribution < 1.29 is 24.1 Å². The Balaban J connectivity index is 1.58. The zero-order valence-electron chi connectivity index (χ0n) is 18.4. The van der Waals surface area contributed by atoms with Crippen molar-refractivity contribution >= 4 is 5.97 Å². The van der Waals surface area contributed by atoms with Gasteiger partial charge in [0.2, 0.25) is 0 Å². The number of para-hydroxylation sites is 1. The van der Waals surface area contributed by atoms with Crippen molar-refractivity contribution in [2.45, 2.75) is 38.5 Å². The molecule has 3 aromatic rings. The highest BCUT2D eigenvalue weighted by atomic mass is 16.5. The van der Waals surface area contributed by atoms with E-state index in [0.717, 1.165) is 47.6 Å². The molecule has 33 heavy (non-hydrogen) atoms. The van der Waals surface area contributed by atoms with Crippen molar-refractivity contribution in [3.05, 3.63) is 77.6 Å². The predicted octanol–water partition coefficient (Wildman–Crippen LogP) is 3.97. The van der Waals surface area contributed by atoms with E-state index in [1.54, 1.807) is 24.4 Å². The third-order valence-corrected chi connectivity index (χ3v) is 5.49. The molecule has 2 heterocycles. The Morgan fingerprint density at radius 1 is 1.12 bits per heavy atom. The van der Waals surface area contributed by atoms with Crippen LogP contribution in [0.1, 0.15) is 29.7 Å². The van der Waals surface area contributed by atoms with Crippen LogP contribution in [0.5, 0.6) is 11.5 Å². The molecule has 0 bridgehead atoms. The van der Waals surface area contributed by atoms with Crippen LogP contribution in [0.15, 0.2) is 60.8 Å². The van der Waals surface area contributed by atoms with Gasteiger partial charge in [0.1, 0.15) is 24.7 Å². The lowest BCUT2D eigenvalue weighted by molar-refractivity contribution is -0.136. The Hall–Kier alpha value is -3.42. The molecule has 0 unspecified atom stereocenters. The number of rotatable bonds is 10. The van der Waals surface area contributed by atoms with Crippen LogP contribution in [0.4, 0.5) is 0 Å². The average Bonchev–Trinajstić information content (AvgIpc) is 3.36. The van der Waals surface area contributed by atoms with E-state index >= 15 is 0 Å². The molecule has 0 saturated carbocycles. The summed E-state index contributed by atoms with van der Waals surface area (Å²) in [5.74, 6) is 0.388. The van der Waals surface area contributed by atoms with Gasteiger partial charge >= 0.3 is 5.97 Å². The minimum absolute atomic E-state index is 0.0924. The van der Waals surface area contributed by atoms with Gasteiger partial charge in [0.25, 0.3) is 0 Å². The number of aliphatic carboxylic acids is 1. The first-order chi connectivity index (χ1) is 16.1. The van der Waals surface area contributed by atoms with Crippen LogP contribution in [0.25, 0.3) is 11.1 Å². The number of hydrogen-bond acceptors (Lipinski definition) is 6. The van der Waals surface area contributed by atoms with E-state index in [0.29, 0.717) is 24.5 Å². The molecule has 0 amide bonds. The van der Waals surface area contributed by atoms with Gasteiger partial charge in [-0.25, -0.2) is 0 Å². The number of nitrogens with two attached hydrogens (primary N) is 1. The average molecular weight is 449 g/mol. The third-order valence-electron chi connectivity index (χ3n) is 5.49. The van der Waals surface area contributed by atoms with Crippen LogP contribution in [0.3, 0.4) is 0 Å².